The minimum atomic E-state index is -0.472. The standard InChI is InChI=1S/C14H13N5O3/c1-9(2)13-17-12(7-15)14(22-13)18-16-8-10-3-5-11(6-4-10)19(20)21/h3-6,8-9,18H,1-2H3. The lowest BCUT2D eigenvalue weighted by Crippen LogP contribution is -1.92. The van der Waals surface area contributed by atoms with E-state index in [0.29, 0.717) is 11.5 Å². The molecular weight excluding hydrogens is 286 g/mol. The lowest BCUT2D eigenvalue weighted by molar-refractivity contribution is -0.384. The summed E-state index contributed by atoms with van der Waals surface area (Å²) in [5, 5.41) is 23.5. The highest BCUT2D eigenvalue weighted by Gasteiger charge is 2.14. The summed E-state index contributed by atoms with van der Waals surface area (Å²) in [6.45, 7) is 3.80. The fourth-order valence-corrected chi connectivity index (χ4v) is 1.58. The molecule has 0 fully saturated rings. The summed E-state index contributed by atoms with van der Waals surface area (Å²) < 4.78 is 5.41. The van der Waals surface area contributed by atoms with Crippen molar-refractivity contribution in [1.29, 1.82) is 5.26 Å². The quantitative estimate of drug-likeness (QED) is 0.515. The van der Waals surface area contributed by atoms with Crippen LogP contribution in [0.15, 0.2) is 33.8 Å². The number of rotatable bonds is 5. The van der Waals surface area contributed by atoms with Crippen molar-refractivity contribution in [2.45, 2.75) is 19.8 Å². The first kappa shape index (κ1) is 15.2. The van der Waals surface area contributed by atoms with E-state index in [2.05, 4.69) is 15.5 Å². The van der Waals surface area contributed by atoms with Crippen molar-refractivity contribution < 1.29 is 9.34 Å². The van der Waals surface area contributed by atoms with Crippen molar-refractivity contribution in [1.82, 2.24) is 4.98 Å². The normalized spacial score (nSPS) is 10.8. The molecule has 0 atom stereocenters. The second kappa shape index (κ2) is 6.49. The predicted octanol–water partition coefficient (Wildman–Crippen LogP) is 3.02. The molecule has 0 unspecified atom stereocenters. The number of benzene rings is 1. The number of aromatic nitrogens is 1. The highest BCUT2D eigenvalue weighted by molar-refractivity contribution is 5.80. The van der Waals surface area contributed by atoms with Crippen LogP contribution < -0.4 is 5.43 Å². The van der Waals surface area contributed by atoms with Crippen LogP contribution in [0.3, 0.4) is 0 Å². The van der Waals surface area contributed by atoms with Crippen molar-refractivity contribution in [2.75, 3.05) is 5.43 Å². The number of nitro benzene ring substituents is 1. The van der Waals surface area contributed by atoms with Gasteiger partial charge >= 0.3 is 0 Å². The molecule has 0 saturated carbocycles. The van der Waals surface area contributed by atoms with Gasteiger partial charge < -0.3 is 4.42 Å². The average Bonchev–Trinajstić information content (AvgIpc) is 2.91. The van der Waals surface area contributed by atoms with Crippen molar-refractivity contribution in [3.63, 3.8) is 0 Å². The van der Waals surface area contributed by atoms with Crippen LogP contribution in [0.25, 0.3) is 0 Å². The first-order valence-electron chi connectivity index (χ1n) is 6.45. The van der Waals surface area contributed by atoms with Crippen molar-refractivity contribution >= 4 is 17.8 Å². The number of nitrogens with zero attached hydrogens (tertiary/aromatic N) is 4. The van der Waals surface area contributed by atoms with Gasteiger partial charge in [0.05, 0.1) is 11.1 Å². The molecule has 1 aromatic heterocycles. The number of nitro groups is 1. The molecule has 1 heterocycles. The van der Waals surface area contributed by atoms with Crippen molar-refractivity contribution in [2.24, 2.45) is 5.10 Å². The molecule has 0 aliphatic carbocycles. The van der Waals surface area contributed by atoms with Crippen LogP contribution in [0, 0.1) is 21.4 Å². The number of nitrogens with one attached hydrogen (secondary N) is 1. The Morgan fingerprint density at radius 3 is 2.68 bits per heavy atom. The highest BCUT2D eigenvalue weighted by Crippen LogP contribution is 2.22. The summed E-state index contributed by atoms with van der Waals surface area (Å²) in [4.78, 5) is 14.1. The summed E-state index contributed by atoms with van der Waals surface area (Å²) in [5.41, 5.74) is 3.41. The summed E-state index contributed by atoms with van der Waals surface area (Å²) in [5.74, 6) is 0.676. The molecule has 8 heteroatoms. The third kappa shape index (κ3) is 3.46. The zero-order valence-electron chi connectivity index (χ0n) is 12.0. The lowest BCUT2D eigenvalue weighted by Gasteiger charge is -1.97. The Balaban J connectivity index is 2.09. The fraction of sp³-hybridized carbons (Fsp3) is 0.214. The van der Waals surface area contributed by atoms with Gasteiger partial charge in [-0.3, -0.25) is 10.1 Å². The summed E-state index contributed by atoms with van der Waals surface area (Å²) >= 11 is 0. The largest absolute Gasteiger partial charge is 0.422 e. The number of non-ortho nitro benzene ring substituents is 1. The van der Waals surface area contributed by atoms with E-state index < -0.39 is 4.92 Å². The molecule has 2 aromatic rings. The van der Waals surface area contributed by atoms with Gasteiger partial charge in [0.1, 0.15) is 6.07 Å². The summed E-state index contributed by atoms with van der Waals surface area (Å²) in [6, 6.07) is 7.82. The van der Waals surface area contributed by atoms with Crippen LogP contribution in [0.2, 0.25) is 0 Å². The Labute approximate surface area is 126 Å². The van der Waals surface area contributed by atoms with E-state index in [1.165, 1.54) is 18.3 Å². The first-order chi connectivity index (χ1) is 10.5. The fourth-order valence-electron chi connectivity index (χ4n) is 1.58. The van der Waals surface area contributed by atoms with E-state index >= 15 is 0 Å². The molecule has 0 bridgehead atoms. The van der Waals surface area contributed by atoms with Crippen LogP contribution in [-0.2, 0) is 0 Å². The molecule has 8 nitrogen and oxygen atoms in total. The van der Waals surface area contributed by atoms with Crippen molar-refractivity contribution in [3.8, 4) is 6.07 Å². The molecule has 1 aromatic carbocycles. The first-order valence-corrected chi connectivity index (χ1v) is 6.45. The van der Waals surface area contributed by atoms with Crippen LogP contribution >= 0.6 is 0 Å². The number of nitriles is 1. The molecule has 1 N–H and O–H groups in total. The summed E-state index contributed by atoms with van der Waals surface area (Å²) in [6.07, 6.45) is 1.46. The van der Waals surface area contributed by atoms with Crippen LogP contribution in [0.5, 0.6) is 0 Å². The van der Waals surface area contributed by atoms with Crippen LogP contribution in [-0.4, -0.2) is 16.1 Å². The van der Waals surface area contributed by atoms with E-state index in [-0.39, 0.29) is 23.2 Å². The van der Waals surface area contributed by atoms with Gasteiger partial charge in [0.15, 0.2) is 0 Å². The SMILES string of the molecule is CC(C)c1nc(C#N)c(NN=Cc2ccc([N+](=O)[O-])cc2)o1. The number of hydrogen-bond acceptors (Lipinski definition) is 7. The molecule has 0 radical (unpaired) electrons. The van der Waals surface area contributed by atoms with Gasteiger partial charge in [0.25, 0.3) is 11.6 Å². The molecule has 112 valence electrons. The lowest BCUT2D eigenvalue weighted by atomic mass is 10.2. The third-order valence-corrected chi connectivity index (χ3v) is 2.73. The third-order valence-electron chi connectivity index (χ3n) is 2.73. The molecule has 2 rings (SSSR count). The van der Waals surface area contributed by atoms with Crippen LogP contribution in [0.1, 0.15) is 36.9 Å². The Morgan fingerprint density at radius 2 is 2.14 bits per heavy atom. The molecule has 0 aliphatic heterocycles. The van der Waals surface area contributed by atoms with E-state index in [1.807, 2.05) is 19.9 Å². The van der Waals surface area contributed by atoms with Gasteiger partial charge in [0, 0.05) is 18.1 Å². The van der Waals surface area contributed by atoms with Gasteiger partial charge in [-0.25, -0.2) is 10.4 Å². The van der Waals surface area contributed by atoms with Gasteiger partial charge in [0.2, 0.25) is 11.6 Å². The van der Waals surface area contributed by atoms with Gasteiger partial charge in [-0.15, -0.1) is 0 Å². The maximum atomic E-state index is 10.5. The molecule has 22 heavy (non-hydrogen) atoms. The highest BCUT2D eigenvalue weighted by atomic mass is 16.6. The second-order valence-corrected chi connectivity index (χ2v) is 4.71. The monoisotopic (exact) mass is 299 g/mol. The molecule has 0 spiro atoms. The Hall–Kier alpha value is -3.21. The van der Waals surface area contributed by atoms with E-state index in [1.54, 1.807) is 12.1 Å². The minimum Gasteiger partial charge on any atom is -0.422 e. The zero-order chi connectivity index (χ0) is 16.1. The molecular formula is C14H13N5O3. The molecule has 0 saturated heterocycles. The van der Waals surface area contributed by atoms with E-state index in [0.717, 1.165) is 0 Å². The number of hydrazone groups is 1. The molecule has 0 amide bonds. The van der Waals surface area contributed by atoms with E-state index in [4.69, 9.17) is 9.68 Å². The summed E-state index contributed by atoms with van der Waals surface area (Å²) in [7, 11) is 0. The number of anilines is 1. The Kier molecular flexibility index (Phi) is 4.48. The Bertz CT molecular complexity index is 741. The Morgan fingerprint density at radius 1 is 1.45 bits per heavy atom. The zero-order valence-corrected chi connectivity index (χ0v) is 12.0. The van der Waals surface area contributed by atoms with Crippen LogP contribution in [0.4, 0.5) is 11.6 Å². The second-order valence-electron chi connectivity index (χ2n) is 4.71. The number of hydrogen-bond donors (Lipinski definition) is 1. The maximum Gasteiger partial charge on any atom is 0.269 e. The number of oxazole rings is 1. The molecule has 0 aliphatic rings. The van der Waals surface area contributed by atoms with Gasteiger partial charge in [-0.05, 0) is 17.7 Å². The average molecular weight is 299 g/mol. The van der Waals surface area contributed by atoms with Gasteiger partial charge in [-0.1, -0.05) is 13.8 Å². The van der Waals surface area contributed by atoms with Gasteiger partial charge in [-0.2, -0.15) is 10.4 Å². The topological polar surface area (TPSA) is 117 Å². The smallest absolute Gasteiger partial charge is 0.269 e. The predicted molar refractivity (Wildman–Crippen MR) is 79.6 cm³/mol. The van der Waals surface area contributed by atoms with E-state index in [9.17, 15) is 10.1 Å². The van der Waals surface area contributed by atoms with Crippen molar-refractivity contribution in [3.05, 3.63) is 51.5 Å². The maximum absolute atomic E-state index is 10.5. The minimum absolute atomic E-state index is 0.00804.